The summed E-state index contributed by atoms with van der Waals surface area (Å²) in [7, 11) is 0. The minimum atomic E-state index is -1.01. The van der Waals surface area contributed by atoms with Crippen molar-refractivity contribution >= 4 is 29.5 Å². The Morgan fingerprint density at radius 3 is 2.38 bits per heavy atom. The van der Waals surface area contributed by atoms with Gasteiger partial charge in [0.1, 0.15) is 12.3 Å². The Morgan fingerprint density at radius 1 is 1.03 bits per heavy atom. The smallest absolute Gasteiger partial charge is 0.326 e. The lowest BCUT2D eigenvalue weighted by atomic mass is 10.2. The molecule has 0 unspecified atom stereocenters. The van der Waals surface area contributed by atoms with Crippen LogP contribution in [0.15, 0.2) is 60.7 Å². The monoisotopic (exact) mass is 396 g/mol. The number of amides is 2. The van der Waals surface area contributed by atoms with E-state index in [0.29, 0.717) is 18.0 Å². The lowest BCUT2D eigenvalue weighted by molar-refractivity contribution is -0.152. The van der Waals surface area contributed by atoms with E-state index >= 15 is 0 Å². The van der Waals surface area contributed by atoms with Crippen LogP contribution in [0.1, 0.15) is 19.4 Å². The molecule has 2 N–H and O–H groups in total. The van der Waals surface area contributed by atoms with E-state index in [4.69, 9.17) is 9.47 Å². The molecule has 0 bridgehead atoms. The van der Waals surface area contributed by atoms with Crippen molar-refractivity contribution in [2.75, 3.05) is 18.5 Å². The van der Waals surface area contributed by atoms with Gasteiger partial charge in [-0.15, -0.1) is 0 Å². The van der Waals surface area contributed by atoms with Crippen molar-refractivity contribution in [2.24, 2.45) is 0 Å². The van der Waals surface area contributed by atoms with Gasteiger partial charge in [-0.3, -0.25) is 14.4 Å². The third kappa shape index (κ3) is 7.88. The number of carbonyl (C=O) groups is 3. The maximum absolute atomic E-state index is 12.1. The normalized spacial score (nSPS) is 11.5. The van der Waals surface area contributed by atoms with E-state index in [9.17, 15) is 14.4 Å². The molecule has 152 valence electrons. The zero-order chi connectivity index (χ0) is 21.1. The summed E-state index contributed by atoms with van der Waals surface area (Å²) in [5, 5.41) is 5.07. The first-order valence-electron chi connectivity index (χ1n) is 9.22. The van der Waals surface area contributed by atoms with Crippen LogP contribution in [0, 0.1) is 0 Å². The second kappa shape index (κ2) is 11.3. The van der Waals surface area contributed by atoms with Crippen molar-refractivity contribution in [3.05, 3.63) is 66.2 Å². The van der Waals surface area contributed by atoms with Gasteiger partial charge in [-0.2, -0.15) is 0 Å². The van der Waals surface area contributed by atoms with Gasteiger partial charge in [0, 0.05) is 11.8 Å². The Hall–Kier alpha value is -3.61. The van der Waals surface area contributed by atoms with Crippen LogP contribution in [0.5, 0.6) is 5.75 Å². The molecule has 0 fully saturated rings. The second-order valence-corrected chi connectivity index (χ2v) is 6.04. The topological polar surface area (TPSA) is 93.7 Å². The van der Waals surface area contributed by atoms with Gasteiger partial charge in [0.2, 0.25) is 5.91 Å². The average molecular weight is 396 g/mol. The van der Waals surface area contributed by atoms with Gasteiger partial charge in [-0.1, -0.05) is 30.3 Å². The van der Waals surface area contributed by atoms with E-state index in [1.54, 1.807) is 30.3 Å². The molecule has 7 heteroatoms. The van der Waals surface area contributed by atoms with E-state index in [1.165, 1.54) is 13.0 Å². The summed E-state index contributed by atoms with van der Waals surface area (Å²) in [6.45, 7) is 3.56. The standard InChI is InChI=1S/C22H24N2O5/c1-3-28-19-12-10-18(11-13-19)24-22(27)16(2)29-21(26)15-23-20(25)14-9-17-7-5-4-6-8-17/h4-14,16H,3,15H2,1-2H3,(H,23,25)(H,24,27)/b14-9+/t16-/m0/s1. The lowest BCUT2D eigenvalue weighted by Gasteiger charge is -2.14. The minimum Gasteiger partial charge on any atom is -0.494 e. The van der Waals surface area contributed by atoms with Crippen LogP contribution in [0.4, 0.5) is 5.69 Å². The maximum atomic E-state index is 12.1. The second-order valence-electron chi connectivity index (χ2n) is 6.04. The molecule has 0 heterocycles. The highest BCUT2D eigenvalue weighted by Crippen LogP contribution is 2.16. The largest absolute Gasteiger partial charge is 0.494 e. The van der Waals surface area contributed by atoms with Gasteiger partial charge >= 0.3 is 5.97 Å². The predicted octanol–water partition coefficient (Wildman–Crippen LogP) is 2.79. The van der Waals surface area contributed by atoms with Crippen LogP contribution in [0.3, 0.4) is 0 Å². The van der Waals surface area contributed by atoms with Gasteiger partial charge < -0.3 is 20.1 Å². The summed E-state index contributed by atoms with van der Waals surface area (Å²) in [6, 6.07) is 16.1. The van der Waals surface area contributed by atoms with Crippen molar-refractivity contribution < 1.29 is 23.9 Å². The number of nitrogens with one attached hydrogen (secondary N) is 2. The highest BCUT2D eigenvalue weighted by molar-refractivity contribution is 5.96. The Kier molecular flexibility index (Phi) is 8.44. The summed E-state index contributed by atoms with van der Waals surface area (Å²) >= 11 is 0. The molecule has 2 rings (SSSR count). The summed E-state index contributed by atoms with van der Waals surface area (Å²) in [6.07, 6.45) is 1.95. The Balaban J connectivity index is 1.73. The molecule has 0 aromatic heterocycles. The summed E-state index contributed by atoms with van der Waals surface area (Å²) < 4.78 is 10.4. The molecular weight excluding hydrogens is 372 g/mol. The fraction of sp³-hybridized carbons (Fsp3) is 0.227. The van der Waals surface area contributed by atoms with Crippen molar-refractivity contribution in [3.63, 3.8) is 0 Å². The molecule has 2 amide bonds. The van der Waals surface area contributed by atoms with Crippen molar-refractivity contribution in [2.45, 2.75) is 20.0 Å². The van der Waals surface area contributed by atoms with Crippen LogP contribution in [0.25, 0.3) is 6.08 Å². The van der Waals surface area contributed by atoms with Crippen LogP contribution in [-0.4, -0.2) is 37.0 Å². The van der Waals surface area contributed by atoms with Gasteiger partial charge in [0.15, 0.2) is 6.10 Å². The molecule has 0 aliphatic carbocycles. The Morgan fingerprint density at radius 2 is 1.72 bits per heavy atom. The third-order valence-electron chi connectivity index (χ3n) is 3.74. The molecule has 0 saturated carbocycles. The summed E-state index contributed by atoms with van der Waals surface area (Å²) in [4.78, 5) is 35.7. The molecule has 0 aliphatic heterocycles. The first-order valence-corrected chi connectivity index (χ1v) is 9.22. The van der Waals surface area contributed by atoms with Gasteiger partial charge in [0.25, 0.3) is 5.91 Å². The number of anilines is 1. The maximum Gasteiger partial charge on any atom is 0.326 e. The van der Waals surface area contributed by atoms with Crippen LogP contribution in [-0.2, 0) is 19.1 Å². The number of carbonyl (C=O) groups excluding carboxylic acids is 3. The summed E-state index contributed by atoms with van der Waals surface area (Å²) in [5.41, 5.74) is 1.42. The predicted molar refractivity (Wildman–Crippen MR) is 110 cm³/mol. The number of ether oxygens (including phenoxy) is 2. The fourth-order valence-corrected chi connectivity index (χ4v) is 2.29. The van der Waals surface area contributed by atoms with Crippen LogP contribution >= 0.6 is 0 Å². The van der Waals surface area contributed by atoms with E-state index in [1.807, 2.05) is 37.3 Å². The van der Waals surface area contributed by atoms with E-state index in [2.05, 4.69) is 10.6 Å². The number of hydrogen-bond acceptors (Lipinski definition) is 5. The lowest BCUT2D eigenvalue weighted by Crippen LogP contribution is -2.35. The zero-order valence-corrected chi connectivity index (χ0v) is 16.4. The van der Waals surface area contributed by atoms with E-state index in [0.717, 1.165) is 5.56 Å². The van der Waals surface area contributed by atoms with Crippen LogP contribution < -0.4 is 15.4 Å². The van der Waals surface area contributed by atoms with Gasteiger partial charge in [-0.25, -0.2) is 0 Å². The molecule has 2 aromatic carbocycles. The molecule has 29 heavy (non-hydrogen) atoms. The number of hydrogen-bond donors (Lipinski definition) is 2. The average Bonchev–Trinajstić information content (AvgIpc) is 2.73. The van der Waals surface area contributed by atoms with Gasteiger partial charge in [-0.05, 0) is 49.8 Å². The fourth-order valence-electron chi connectivity index (χ4n) is 2.29. The van der Waals surface area contributed by atoms with Crippen molar-refractivity contribution in [1.82, 2.24) is 5.32 Å². The third-order valence-corrected chi connectivity index (χ3v) is 3.74. The summed E-state index contributed by atoms with van der Waals surface area (Å²) in [5.74, 6) is -0.919. The number of esters is 1. The molecule has 7 nitrogen and oxygen atoms in total. The quantitative estimate of drug-likeness (QED) is 0.502. The molecule has 0 aliphatic rings. The highest BCUT2D eigenvalue weighted by Gasteiger charge is 2.18. The Bertz CT molecular complexity index is 847. The van der Waals surface area contributed by atoms with Crippen molar-refractivity contribution in [1.29, 1.82) is 0 Å². The first kappa shape index (κ1) is 21.7. The molecular formula is C22H24N2O5. The number of benzene rings is 2. The van der Waals surface area contributed by atoms with Gasteiger partial charge in [0.05, 0.1) is 6.61 Å². The minimum absolute atomic E-state index is 0.335. The zero-order valence-electron chi connectivity index (χ0n) is 16.4. The van der Waals surface area contributed by atoms with E-state index in [-0.39, 0.29) is 6.54 Å². The molecule has 0 saturated heterocycles. The molecule has 2 aromatic rings. The van der Waals surface area contributed by atoms with Crippen molar-refractivity contribution in [3.8, 4) is 5.75 Å². The highest BCUT2D eigenvalue weighted by atomic mass is 16.5. The molecule has 0 radical (unpaired) electrons. The number of rotatable bonds is 9. The van der Waals surface area contributed by atoms with Crippen LogP contribution in [0.2, 0.25) is 0 Å². The first-order chi connectivity index (χ1) is 14.0. The Labute approximate surface area is 169 Å². The molecule has 1 atom stereocenters. The SMILES string of the molecule is CCOc1ccc(NC(=O)[C@H](C)OC(=O)CNC(=O)/C=C/c2ccccc2)cc1. The molecule has 0 spiro atoms. The van der Waals surface area contributed by atoms with E-state index < -0.39 is 23.9 Å².